The van der Waals surface area contributed by atoms with Gasteiger partial charge in [-0.2, -0.15) is 0 Å². The lowest BCUT2D eigenvalue weighted by Crippen LogP contribution is -2.44. The molecule has 30 heavy (non-hydrogen) atoms. The predicted octanol–water partition coefficient (Wildman–Crippen LogP) is 3.88. The van der Waals surface area contributed by atoms with E-state index < -0.39 is 12.1 Å². The van der Waals surface area contributed by atoms with Crippen LogP contribution in [0.1, 0.15) is 27.7 Å². The van der Waals surface area contributed by atoms with Crippen LogP contribution in [0.5, 0.6) is 0 Å². The van der Waals surface area contributed by atoms with Crippen LogP contribution in [-0.2, 0) is 14.3 Å². The zero-order valence-electron chi connectivity index (χ0n) is 16.6. The van der Waals surface area contributed by atoms with Crippen LogP contribution in [0.25, 0.3) is 10.6 Å². The molecule has 1 aromatic heterocycles. The number of rotatable bonds is 5. The van der Waals surface area contributed by atoms with E-state index in [0.29, 0.717) is 31.9 Å². The third kappa shape index (κ3) is 4.58. The van der Waals surface area contributed by atoms with Crippen LogP contribution in [0.15, 0.2) is 60.0 Å². The second kappa shape index (κ2) is 9.19. The van der Waals surface area contributed by atoms with Gasteiger partial charge in [-0.3, -0.25) is 4.79 Å². The molecule has 1 aliphatic heterocycles. The molecule has 154 valence electrons. The molecule has 0 bridgehead atoms. The first kappa shape index (κ1) is 20.3. The monoisotopic (exact) mass is 422 g/mol. The number of benzene rings is 2. The Hall–Kier alpha value is -3.03. The lowest BCUT2D eigenvalue weighted by molar-refractivity contribution is -0.145. The molecule has 3 aromatic rings. The molecule has 0 saturated carbocycles. The summed E-state index contributed by atoms with van der Waals surface area (Å²) < 4.78 is 11.0. The van der Waals surface area contributed by atoms with Gasteiger partial charge in [0.15, 0.2) is 5.69 Å². The third-order valence-corrected chi connectivity index (χ3v) is 5.78. The molecule has 6 nitrogen and oxygen atoms in total. The van der Waals surface area contributed by atoms with Gasteiger partial charge in [0.2, 0.25) is 6.10 Å². The highest BCUT2D eigenvalue weighted by atomic mass is 32.1. The van der Waals surface area contributed by atoms with Crippen molar-refractivity contribution in [3.63, 3.8) is 0 Å². The van der Waals surface area contributed by atoms with Crippen molar-refractivity contribution in [2.45, 2.75) is 13.0 Å². The van der Waals surface area contributed by atoms with Crippen molar-refractivity contribution in [3.8, 4) is 10.6 Å². The van der Waals surface area contributed by atoms with Crippen LogP contribution in [0, 0.1) is 6.92 Å². The van der Waals surface area contributed by atoms with Crippen LogP contribution < -0.4 is 0 Å². The van der Waals surface area contributed by atoms with Gasteiger partial charge in [0.1, 0.15) is 5.01 Å². The quantitative estimate of drug-likeness (QED) is 0.584. The van der Waals surface area contributed by atoms with Crippen LogP contribution >= 0.6 is 11.3 Å². The molecule has 1 aliphatic rings. The average molecular weight is 423 g/mol. The number of hydrogen-bond donors (Lipinski definition) is 0. The molecule has 2 heterocycles. The Bertz CT molecular complexity index is 1010. The molecule has 0 aliphatic carbocycles. The molecular formula is C23H22N2O4S. The molecule has 2 aromatic carbocycles. The highest BCUT2D eigenvalue weighted by Crippen LogP contribution is 2.27. The van der Waals surface area contributed by atoms with E-state index in [0.717, 1.165) is 16.1 Å². The largest absolute Gasteiger partial charge is 0.443 e. The number of aryl methyl sites for hydroxylation is 1. The lowest BCUT2D eigenvalue weighted by atomic mass is 10.1. The summed E-state index contributed by atoms with van der Waals surface area (Å²) >= 11 is 1.37. The normalized spacial score (nSPS) is 14.9. The number of carbonyl (C=O) groups is 2. The van der Waals surface area contributed by atoms with Crippen LogP contribution in [0.2, 0.25) is 0 Å². The minimum atomic E-state index is -1.01. The smallest absolute Gasteiger partial charge is 0.358 e. The van der Waals surface area contributed by atoms with Crippen molar-refractivity contribution in [1.82, 2.24) is 9.88 Å². The average Bonchev–Trinajstić information content (AvgIpc) is 3.29. The molecule has 0 N–H and O–H groups in total. The summed E-state index contributed by atoms with van der Waals surface area (Å²) in [6.45, 7) is 3.94. The predicted molar refractivity (Wildman–Crippen MR) is 114 cm³/mol. The van der Waals surface area contributed by atoms with Gasteiger partial charge >= 0.3 is 5.97 Å². The number of thiazole rings is 1. The molecule has 7 heteroatoms. The first-order valence-corrected chi connectivity index (χ1v) is 10.6. The van der Waals surface area contributed by atoms with Crippen LogP contribution in [-0.4, -0.2) is 48.1 Å². The summed E-state index contributed by atoms with van der Waals surface area (Å²) in [7, 11) is 0. The number of esters is 1. The Morgan fingerprint density at radius 2 is 1.77 bits per heavy atom. The van der Waals surface area contributed by atoms with E-state index >= 15 is 0 Å². The molecular weight excluding hydrogens is 400 g/mol. The van der Waals surface area contributed by atoms with Crippen LogP contribution in [0.4, 0.5) is 0 Å². The van der Waals surface area contributed by atoms with Crippen LogP contribution in [0.3, 0.4) is 0 Å². The minimum Gasteiger partial charge on any atom is -0.443 e. The van der Waals surface area contributed by atoms with E-state index in [9.17, 15) is 9.59 Å². The molecule has 0 radical (unpaired) electrons. The molecule has 1 fully saturated rings. The Morgan fingerprint density at radius 1 is 1.07 bits per heavy atom. The van der Waals surface area contributed by atoms with Gasteiger partial charge < -0.3 is 14.4 Å². The fourth-order valence-corrected chi connectivity index (χ4v) is 4.00. The molecule has 4 rings (SSSR count). The summed E-state index contributed by atoms with van der Waals surface area (Å²) in [6, 6.07) is 17.0. The summed E-state index contributed by atoms with van der Waals surface area (Å²) in [6.07, 6.45) is -1.01. The van der Waals surface area contributed by atoms with Gasteiger partial charge in [0.05, 0.1) is 13.2 Å². The van der Waals surface area contributed by atoms with Crippen molar-refractivity contribution in [2.75, 3.05) is 26.3 Å². The summed E-state index contributed by atoms with van der Waals surface area (Å²) in [5.41, 5.74) is 2.93. The van der Waals surface area contributed by atoms with E-state index in [-0.39, 0.29) is 11.6 Å². The van der Waals surface area contributed by atoms with E-state index in [1.165, 1.54) is 11.3 Å². The maximum absolute atomic E-state index is 13.1. The van der Waals surface area contributed by atoms with Gasteiger partial charge in [-0.25, -0.2) is 9.78 Å². The van der Waals surface area contributed by atoms with Gasteiger partial charge in [0.25, 0.3) is 5.91 Å². The van der Waals surface area contributed by atoms with Gasteiger partial charge in [-0.15, -0.1) is 11.3 Å². The van der Waals surface area contributed by atoms with E-state index in [1.54, 1.807) is 22.4 Å². The second-order valence-electron chi connectivity index (χ2n) is 7.04. The lowest BCUT2D eigenvalue weighted by Gasteiger charge is -2.30. The summed E-state index contributed by atoms with van der Waals surface area (Å²) in [5.74, 6) is -0.855. The van der Waals surface area contributed by atoms with E-state index in [4.69, 9.17) is 9.47 Å². The Labute approximate surface area is 179 Å². The van der Waals surface area contributed by atoms with E-state index in [1.807, 2.05) is 49.4 Å². The number of amides is 1. The first-order valence-electron chi connectivity index (χ1n) is 9.77. The zero-order chi connectivity index (χ0) is 20.9. The maximum atomic E-state index is 13.1. The number of hydrogen-bond acceptors (Lipinski definition) is 6. The maximum Gasteiger partial charge on any atom is 0.358 e. The fraction of sp³-hybridized carbons (Fsp3) is 0.261. The fourth-order valence-electron chi connectivity index (χ4n) is 3.20. The Balaban J connectivity index is 1.54. The first-order chi connectivity index (χ1) is 14.6. The third-order valence-electron chi connectivity index (χ3n) is 4.89. The highest BCUT2D eigenvalue weighted by Gasteiger charge is 2.31. The molecule has 1 unspecified atom stereocenters. The topological polar surface area (TPSA) is 68.7 Å². The minimum absolute atomic E-state index is 0.200. The van der Waals surface area contributed by atoms with Crippen molar-refractivity contribution in [2.24, 2.45) is 0 Å². The number of carbonyl (C=O) groups excluding carboxylic acids is 2. The van der Waals surface area contributed by atoms with Crippen molar-refractivity contribution in [1.29, 1.82) is 0 Å². The molecule has 1 amide bonds. The molecule has 1 atom stereocenters. The van der Waals surface area contributed by atoms with Crippen molar-refractivity contribution < 1.29 is 19.1 Å². The summed E-state index contributed by atoms with van der Waals surface area (Å²) in [4.78, 5) is 32.0. The van der Waals surface area contributed by atoms with Crippen molar-refractivity contribution >= 4 is 23.2 Å². The van der Waals surface area contributed by atoms with Gasteiger partial charge in [0, 0.05) is 29.6 Å². The number of ether oxygens (including phenoxy) is 2. The van der Waals surface area contributed by atoms with Gasteiger partial charge in [-0.05, 0) is 6.92 Å². The SMILES string of the molecule is Cc1ccc(-c2nc(C(=O)OC(C(=O)N3CCOCC3)c3ccccc3)cs2)cc1. The Kier molecular flexibility index (Phi) is 6.21. The second-order valence-corrected chi connectivity index (χ2v) is 7.90. The number of nitrogens with zero attached hydrogens (tertiary/aromatic N) is 2. The van der Waals surface area contributed by atoms with Gasteiger partial charge in [-0.1, -0.05) is 60.2 Å². The highest BCUT2D eigenvalue weighted by molar-refractivity contribution is 7.13. The Morgan fingerprint density at radius 3 is 2.47 bits per heavy atom. The van der Waals surface area contributed by atoms with E-state index in [2.05, 4.69) is 4.98 Å². The van der Waals surface area contributed by atoms with Crippen molar-refractivity contribution in [3.05, 3.63) is 76.8 Å². The summed E-state index contributed by atoms with van der Waals surface area (Å²) in [5, 5.41) is 2.40. The number of morpholine rings is 1. The zero-order valence-corrected chi connectivity index (χ0v) is 17.4. The molecule has 1 saturated heterocycles. The standard InChI is InChI=1S/C23H22N2O4S/c1-16-7-9-18(10-8-16)21-24-19(15-30-21)23(27)29-20(17-5-3-2-4-6-17)22(26)25-11-13-28-14-12-25/h2-10,15,20H,11-14H2,1H3. The number of aromatic nitrogens is 1. The molecule has 0 spiro atoms.